The Balaban J connectivity index is 0.000000760. The van der Waals surface area contributed by atoms with E-state index in [9.17, 15) is 26.4 Å². The number of hydrogen-bond donors (Lipinski definition) is 2. The van der Waals surface area contributed by atoms with Gasteiger partial charge in [-0.2, -0.15) is 0 Å². The van der Waals surface area contributed by atoms with Crippen molar-refractivity contribution >= 4 is 65.1 Å². The van der Waals surface area contributed by atoms with Crippen LogP contribution in [0.25, 0.3) is 0 Å². The van der Waals surface area contributed by atoms with Crippen LogP contribution in [0, 0.1) is 0 Å². The van der Waals surface area contributed by atoms with E-state index >= 15 is 0 Å². The number of halogens is 3. The normalized spacial score (nSPS) is 17.9. The molecule has 0 radical (unpaired) electrons. The molecule has 2 unspecified atom stereocenters. The summed E-state index contributed by atoms with van der Waals surface area (Å²) in [6.07, 6.45) is 1.19. The first kappa shape index (κ1) is 42.6. The van der Waals surface area contributed by atoms with E-state index in [4.69, 9.17) is 48.5 Å². The fraction of sp³-hybridized carbons (Fsp3) is 0.481. The minimum Gasteiger partial charge on any atom is -0.445 e. The molecule has 0 aliphatic carbocycles. The Hall–Kier alpha value is -2.37. The molecule has 2 heterocycles. The number of nitrogens with zero attached hydrogens (tertiary/aromatic N) is 2. The molecule has 2 aromatic carbocycles. The molecule has 2 aromatic rings. The van der Waals surface area contributed by atoms with Crippen molar-refractivity contribution in [3.63, 3.8) is 0 Å². The largest absolute Gasteiger partial charge is 0.445 e. The molecule has 0 aromatic heterocycles. The van der Waals surface area contributed by atoms with Crippen molar-refractivity contribution in [1.29, 1.82) is 0 Å². The van der Waals surface area contributed by atoms with E-state index in [1.54, 1.807) is 0 Å². The minimum atomic E-state index is -3.64. The van der Waals surface area contributed by atoms with Crippen molar-refractivity contribution in [2.24, 2.45) is 5.14 Å². The lowest BCUT2D eigenvalue weighted by atomic mass is 10.1. The highest BCUT2D eigenvalue weighted by Gasteiger charge is 2.32. The number of amides is 2. The molecule has 0 saturated carbocycles. The number of carbonyl (C=O) groups is 2. The molecule has 13 nitrogen and oxygen atoms in total. The molecule has 2 atom stereocenters. The van der Waals surface area contributed by atoms with Gasteiger partial charge in [0.1, 0.15) is 13.2 Å². The maximum absolute atomic E-state index is 11.9. The third-order valence-electron chi connectivity index (χ3n) is 6.55. The van der Waals surface area contributed by atoms with E-state index in [1.165, 1.54) is 9.80 Å². The van der Waals surface area contributed by atoms with E-state index in [2.05, 4.69) is 0 Å². The van der Waals surface area contributed by atoms with Gasteiger partial charge in [-0.25, -0.2) is 31.6 Å². The molecule has 2 aliphatic rings. The number of rotatable bonds is 6. The van der Waals surface area contributed by atoms with Crippen LogP contribution in [0.4, 0.5) is 9.59 Å². The molecule has 2 saturated heterocycles. The smallest absolute Gasteiger partial charge is 0.410 e. The van der Waals surface area contributed by atoms with E-state index in [0.717, 1.165) is 11.1 Å². The summed E-state index contributed by atoms with van der Waals surface area (Å²) in [4.78, 5) is 26.6. The van der Waals surface area contributed by atoms with Gasteiger partial charge in [-0.05, 0) is 36.8 Å². The SMILES string of the molecule is ClCCl.N.NS(=O)(=O)C1CCCN(C(=O)OCc2ccccc2)C1.O.O=C(OCc1ccccc1)N1CCCC(S(=O)(=O)Cl)C1. The summed E-state index contributed by atoms with van der Waals surface area (Å²) < 4.78 is 55.7. The second-order valence-electron chi connectivity index (χ2n) is 9.67. The van der Waals surface area contributed by atoms with Crippen molar-refractivity contribution in [1.82, 2.24) is 16.0 Å². The molecule has 0 bridgehead atoms. The fourth-order valence-corrected chi connectivity index (χ4v) is 6.45. The van der Waals surface area contributed by atoms with Crippen molar-refractivity contribution in [3.05, 3.63) is 71.8 Å². The molecule has 4 rings (SSSR count). The van der Waals surface area contributed by atoms with Gasteiger partial charge in [-0.15, -0.1) is 23.2 Å². The Morgan fingerprint density at radius 1 is 0.756 bits per heavy atom. The van der Waals surface area contributed by atoms with Gasteiger partial charge in [-0.3, -0.25) is 0 Å². The van der Waals surface area contributed by atoms with Gasteiger partial charge in [0, 0.05) is 36.9 Å². The number of benzene rings is 2. The van der Waals surface area contributed by atoms with Crippen molar-refractivity contribution < 1.29 is 41.4 Å². The fourth-order valence-electron chi connectivity index (χ4n) is 4.33. The molecule has 2 aliphatic heterocycles. The molecule has 0 spiro atoms. The average Bonchev–Trinajstić information content (AvgIpc) is 3.00. The predicted molar refractivity (Wildman–Crippen MR) is 176 cm³/mol. The number of alkyl halides is 2. The van der Waals surface area contributed by atoms with Crippen LogP contribution in [0.1, 0.15) is 36.8 Å². The molecule has 7 N–H and O–H groups in total. The number of carbonyl (C=O) groups excluding carboxylic acids is 2. The first-order valence-electron chi connectivity index (χ1n) is 13.3. The lowest BCUT2D eigenvalue weighted by molar-refractivity contribution is 0.0893. The zero-order valence-electron chi connectivity index (χ0n) is 24.6. The van der Waals surface area contributed by atoms with Gasteiger partial charge >= 0.3 is 12.2 Å². The number of likely N-dealkylation sites (tertiary alicyclic amines) is 2. The van der Waals surface area contributed by atoms with Crippen LogP contribution in [0.5, 0.6) is 0 Å². The van der Waals surface area contributed by atoms with Crippen LogP contribution in [-0.2, 0) is 41.8 Å². The topological polar surface area (TPSA) is 220 Å². The van der Waals surface area contributed by atoms with Gasteiger partial charge < -0.3 is 30.9 Å². The van der Waals surface area contributed by atoms with Gasteiger partial charge in [0.25, 0.3) is 0 Å². The third kappa shape index (κ3) is 16.1. The van der Waals surface area contributed by atoms with Crippen molar-refractivity contribution in [2.45, 2.75) is 49.4 Å². The van der Waals surface area contributed by atoms with E-state index in [1.807, 2.05) is 60.7 Å². The number of hydrogen-bond acceptors (Lipinski definition) is 9. The molecule has 45 heavy (non-hydrogen) atoms. The lowest BCUT2D eigenvalue weighted by Gasteiger charge is -2.30. The molecular weight excluding hydrogens is 695 g/mol. The van der Waals surface area contributed by atoms with Gasteiger partial charge in [0.2, 0.25) is 19.1 Å². The van der Waals surface area contributed by atoms with Crippen LogP contribution >= 0.6 is 33.9 Å². The summed E-state index contributed by atoms with van der Waals surface area (Å²) in [5, 5.41) is 3.93. The van der Waals surface area contributed by atoms with Crippen LogP contribution in [-0.4, -0.2) is 86.3 Å². The number of primary sulfonamides is 1. The molecule has 2 fully saturated rings. The van der Waals surface area contributed by atoms with E-state index in [-0.39, 0.29) is 43.3 Å². The van der Waals surface area contributed by atoms with Crippen LogP contribution in [0.3, 0.4) is 0 Å². The zero-order chi connectivity index (χ0) is 31.9. The second kappa shape index (κ2) is 21.4. The Morgan fingerprint density at radius 3 is 1.47 bits per heavy atom. The first-order valence-corrected chi connectivity index (χ1v) is 18.4. The highest BCUT2D eigenvalue weighted by Crippen LogP contribution is 2.21. The van der Waals surface area contributed by atoms with Gasteiger partial charge in [0.15, 0.2) is 0 Å². The molecule has 18 heteroatoms. The summed E-state index contributed by atoms with van der Waals surface area (Å²) in [6, 6.07) is 18.6. The molecular formula is C27H41Cl3N4O9S2. The average molecular weight is 736 g/mol. The Bertz CT molecular complexity index is 1260. The standard InChI is InChI=1S/C13H16ClNO4S.C13H18N2O4S.CH2Cl2.H3N.H2O/c2*14-20(17,18)12-7-4-8-15(9-12)13(16)19-10-11-5-2-1-3-6-11;2-1-3;;/h1-3,5-6,12H,4,7-10H2;1-3,5-6,12H,4,7-10H2,(H2,14,17,18);1H2;1H3;1H2. The maximum Gasteiger partial charge on any atom is 0.410 e. The van der Waals surface area contributed by atoms with Gasteiger partial charge in [-0.1, -0.05) is 60.7 Å². The van der Waals surface area contributed by atoms with E-state index < -0.39 is 41.8 Å². The van der Waals surface area contributed by atoms with Crippen molar-refractivity contribution in [3.8, 4) is 0 Å². The Labute approximate surface area is 279 Å². The Morgan fingerprint density at radius 2 is 1.11 bits per heavy atom. The molecule has 2 amide bonds. The van der Waals surface area contributed by atoms with Crippen LogP contribution in [0.2, 0.25) is 0 Å². The maximum atomic E-state index is 11.9. The monoisotopic (exact) mass is 734 g/mol. The van der Waals surface area contributed by atoms with Crippen LogP contribution < -0.4 is 11.3 Å². The quantitative estimate of drug-likeness (QED) is 0.320. The highest BCUT2D eigenvalue weighted by atomic mass is 35.7. The van der Waals surface area contributed by atoms with Gasteiger partial charge in [0.05, 0.1) is 15.8 Å². The Kier molecular flexibility index (Phi) is 20.3. The number of nitrogens with two attached hydrogens (primary N) is 1. The lowest BCUT2D eigenvalue weighted by Crippen LogP contribution is -2.47. The third-order valence-corrected chi connectivity index (χ3v) is 9.80. The summed E-state index contributed by atoms with van der Waals surface area (Å²) in [7, 11) is -1.90. The van der Waals surface area contributed by atoms with E-state index in [0.29, 0.717) is 38.8 Å². The number of piperidine rings is 2. The summed E-state index contributed by atoms with van der Waals surface area (Å²) in [6.45, 7) is 1.55. The summed E-state index contributed by atoms with van der Waals surface area (Å²) in [5.41, 5.74) is 1.78. The number of ether oxygens (including phenoxy) is 2. The minimum absolute atomic E-state index is 0. The van der Waals surface area contributed by atoms with Crippen molar-refractivity contribution in [2.75, 3.05) is 31.5 Å². The zero-order valence-corrected chi connectivity index (χ0v) is 28.5. The second-order valence-corrected chi connectivity index (χ2v) is 15.2. The first-order chi connectivity index (χ1) is 20.3. The summed E-state index contributed by atoms with van der Waals surface area (Å²) in [5.74, 6) is 0. The molecule has 256 valence electrons. The highest BCUT2D eigenvalue weighted by molar-refractivity contribution is 8.14. The number of sulfonamides is 1. The summed E-state index contributed by atoms with van der Waals surface area (Å²) >= 11 is 9.53. The predicted octanol–water partition coefficient (Wildman–Crippen LogP) is 4.19. The van der Waals surface area contributed by atoms with Crippen LogP contribution in [0.15, 0.2) is 60.7 Å².